The topological polar surface area (TPSA) is 33.5 Å². The zero-order valence-corrected chi connectivity index (χ0v) is 48.2. The predicted octanol–water partition coefficient (Wildman–Crippen LogP) is 20.5. The Balaban J connectivity index is 1.05. The van der Waals surface area contributed by atoms with Crippen LogP contribution in [0.1, 0.15) is 140 Å². The van der Waals surface area contributed by atoms with Crippen LogP contribution in [0.25, 0.3) is 61.0 Å². The van der Waals surface area contributed by atoms with Gasteiger partial charge < -0.3 is 14.5 Å². The van der Waals surface area contributed by atoms with Crippen LogP contribution in [0.15, 0.2) is 188 Å². The minimum atomic E-state index is -0.407. The molecule has 0 radical (unpaired) electrons. The number of aromatic nitrogens is 2. The minimum absolute atomic E-state index is 0.0659. The normalized spacial score (nSPS) is 16.4. The van der Waals surface area contributed by atoms with Crippen molar-refractivity contribution in [2.45, 2.75) is 130 Å². The Labute approximate surface area is 479 Å². The number of pyridine rings is 1. The van der Waals surface area contributed by atoms with Crippen LogP contribution >= 0.6 is 0 Å². The van der Waals surface area contributed by atoms with E-state index in [0.29, 0.717) is 57.4 Å². The van der Waals surface area contributed by atoms with Crippen molar-refractivity contribution in [3.8, 4) is 50.7 Å². The molecule has 398 valence electrons. The summed E-state index contributed by atoms with van der Waals surface area (Å²) in [6.07, 6.45) is 3.47. The summed E-state index contributed by atoms with van der Waals surface area (Å²) in [4.78, 5) is 9.43. The van der Waals surface area contributed by atoms with E-state index in [2.05, 4.69) is 185 Å². The fourth-order valence-corrected chi connectivity index (χ4v) is 11.7. The first kappa shape index (κ1) is 44.0. The van der Waals surface area contributed by atoms with Gasteiger partial charge in [0.15, 0.2) is 0 Å². The maximum absolute atomic E-state index is 10.5. The van der Waals surface area contributed by atoms with Gasteiger partial charge in [-0.05, 0) is 163 Å². The second-order valence-corrected chi connectivity index (χ2v) is 26.3. The van der Waals surface area contributed by atoms with Crippen LogP contribution in [-0.2, 0) is 27.1 Å². The van der Waals surface area contributed by atoms with E-state index in [0.717, 1.165) is 85.7 Å². The molecule has 0 saturated heterocycles. The van der Waals surface area contributed by atoms with Gasteiger partial charge in [-0.1, -0.05) is 187 Å². The molecule has 8 aromatic carbocycles. The van der Waals surface area contributed by atoms with E-state index in [9.17, 15) is 5.48 Å². The van der Waals surface area contributed by atoms with Crippen molar-refractivity contribution < 1.29 is 14.3 Å². The van der Waals surface area contributed by atoms with E-state index in [-0.39, 0.29) is 57.9 Å². The highest BCUT2D eigenvalue weighted by atomic mass is 16.5. The van der Waals surface area contributed by atoms with Crippen molar-refractivity contribution in [1.82, 2.24) is 9.55 Å². The van der Waals surface area contributed by atoms with Crippen molar-refractivity contribution in [3.05, 3.63) is 216 Å². The van der Waals surface area contributed by atoms with Gasteiger partial charge in [-0.2, -0.15) is 0 Å². The lowest BCUT2D eigenvalue weighted by Crippen LogP contribution is -2.33. The van der Waals surface area contributed by atoms with Crippen LogP contribution in [-0.4, -0.2) is 16.2 Å². The minimum Gasteiger partial charge on any atom is -0.457 e. The lowest BCUT2D eigenvalue weighted by Gasteiger charge is -2.42. The number of anilines is 4. The van der Waals surface area contributed by atoms with Crippen LogP contribution < -0.4 is 14.5 Å². The smallest absolute Gasteiger partial charge is 0.137 e. The highest BCUT2D eigenvalue weighted by Crippen LogP contribution is 2.54. The number of hydrogen-bond acceptors (Lipinski definition) is 4. The molecule has 1 aliphatic carbocycles. The van der Waals surface area contributed by atoms with E-state index in [4.69, 9.17) is 13.8 Å². The first-order chi connectivity index (χ1) is 40.4. The van der Waals surface area contributed by atoms with Crippen LogP contribution in [0, 0.1) is 0 Å². The number of benzene rings is 8. The molecule has 1 aliphatic heterocycles. The molecule has 2 aliphatic rings. The van der Waals surface area contributed by atoms with Gasteiger partial charge in [0, 0.05) is 45.9 Å². The molecular weight excluding hydrogens is 961 g/mol. The van der Waals surface area contributed by atoms with Gasteiger partial charge in [0.05, 0.1) is 37.7 Å². The molecular formula is C74H76N4O. The summed E-state index contributed by atoms with van der Waals surface area (Å²) < 4.78 is 75.1. The van der Waals surface area contributed by atoms with E-state index in [1.54, 1.807) is 6.20 Å². The lowest BCUT2D eigenvalue weighted by molar-refractivity contribution is 0.332. The van der Waals surface area contributed by atoms with Crippen molar-refractivity contribution in [3.63, 3.8) is 0 Å². The van der Waals surface area contributed by atoms with Crippen LogP contribution in [0.5, 0.6) is 11.5 Å². The maximum Gasteiger partial charge on any atom is 0.137 e. The molecule has 79 heavy (non-hydrogen) atoms. The molecule has 0 unspecified atom stereocenters. The molecule has 0 fully saturated rings. The molecule has 2 aromatic heterocycles. The molecule has 0 spiro atoms. The summed E-state index contributed by atoms with van der Waals surface area (Å²) in [5, 5.41) is 1.06. The Morgan fingerprint density at radius 3 is 1.85 bits per heavy atom. The molecule has 3 heterocycles. The molecule has 0 saturated carbocycles. The van der Waals surface area contributed by atoms with E-state index in [1.807, 2.05) is 59.2 Å². The van der Waals surface area contributed by atoms with Crippen molar-refractivity contribution >= 4 is 44.6 Å². The van der Waals surface area contributed by atoms with Gasteiger partial charge in [-0.25, -0.2) is 4.98 Å². The molecule has 12 rings (SSSR count). The van der Waals surface area contributed by atoms with Crippen molar-refractivity contribution in [1.29, 1.82) is 0 Å². The average molecular weight is 1040 g/mol. The van der Waals surface area contributed by atoms with Gasteiger partial charge >= 0.3 is 0 Å². The predicted molar refractivity (Wildman–Crippen MR) is 335 cm³/mol. The Kier molecular flexibility index (Phi) is 10.5. The Hall–Kier alpha value is -7.89. The first-order valence-electron chi connectivity index (χ1n) is 31.4. The largest absolute Gasteiger partial charge is 0.457 e. The molecule has 10 aromatic rings. The molecule has 0 N–H and O–H groups in total. The van der Waals surface area contributed by atoms with Gasteiger partial charge in [0.2, 0.25) is 0 Å². The summed E-state index contributed by atoms with van der Waals surface area (Å²) in [6, 6.07) is 47.7. The van der Waals surface area contributed by atoms with E-state index in [1.165, 1.54) is 5.56 Å². The second-order valence-electron chi connectivity index (χ2n) is 26.3. The highest BCUT2D eigenvalue weighted by Gasteiger charge is 2.39. The van der Waals surface area contributed by atoms with Crippen LogP contribution in [0.4, 0.5) is 22.7 Å². The quantitative estimate of drug-likeness (QED) is 0.152. The van der Waals surface area contributed by atoms with Gasteiger partial charge in [0.25, 0.3) is 0 Å². The summed E-state index contributed by atoms with van der Waals surface area (Å²) >= 11 is 0. The number of rotatable bonds is 8. The summed E-state index contributed by atoms with van der Waals surface area (Å²) in [5.41, 5.74) is 13.3. The SMILES string of the molecule is [2H]c1c([2H])c2c(c([2H])c1-c1cc(C(C)(C)C)cc(-c3cc(-c4ccccc4)cc(C(C)(C)C)c3)c1N1CN(c3cccc(Oc4ccc5c6c([2H])c([2H])c([2H])c([2H])c6n(-c6cc(C(C)(C)C)ccn6)c5c4)c3)c3ccccc31)C(C)(C)CCC2(C)C. The Morgan fingerprint density at radius 1 is 0.494 bits per heavy atom. The summed E-state index contributed by atoms with van der Waals surface area (Å²) in [5.74, 6) is 1.61. The van der Waals surface area contributed by atoms with Crippen molar-refractivity contribution in [2.75, 3.05) is 16.5 Å². The maximum atomic E-state index is 10.5. The molecule has 5 heteroatoms. The third kappa shape index (κ3) is 9.49. The Morgan fingerprint density at radius 2 is 1.13 bits per heavy atom. The fraction of sp³-hybridized carbons (Fsp3) is 0.284. The zero-order chi connectivity index (χ0) is 61.5. The van der Waals surface area contributed by atoms with Gasteiger partial charge in [-0.3, -0.25) is 4.57 Å². The number of hydrogen-bond donors (Lipinski definition) is 0. The monoisotopic (exact) mass is 1040 g/mol. The van der Waals surface area contributed by atoms with Gasteiger partial charge in [0.1, 0.15) is 24.0 Å². The van der Waals surface area contributed by atoms with Crippen LogP contribution in [0.2, 0.25) is 0 Å². The van der Waals surface area contributed by atoms with Gasteiger partial charge in [-0.15, -0.1) is 0 Å². The number of fused-ring (bicyclic) bond motifs is 5. The second kappa shape index (κ2) is 18.9. The van der Waals surface area contributed by atoms with Crippen molar-refractivity contribution in [2.24, 2.45) is 0 Å². The molecule has 0 amide bonds. The summed E-state index contributed by atoms with van der Waals surface area (Å²) in [6.45, 7) is 28.9. The third-order valence-electron chi connectivity index (χ3n) is 16.6. The molecule has 0 bridgehead atoms. The molecule has 5 nitrogen and oxygen atoms in total. The summed E-state index contributed by atoms with van der Waals surface area (Å²) in [7, 11) is 0. The van der Waals surface area contributed by atoms with E-state index < -0.39 is 5.41 Å². The number of para-hydroxylation sites is 3. The number of ether oxygens (including phenoxy) is 1. The standard InChI is InChI=1S/C74H76N4O/c1-70(2,3)52-34-37-75-68(44-52)78-64-27-18-17-26-58(64)59-32-31-57(46-67(59)78)79-56-25-21-24-55(45-56)76-47-77(66-29-20-19-28-65(66)76)69-60(49-30-33-62-63(41-49)74(12,13)36-35-73(62,10)11)42-54(72(7,8)9)43-61(69)51-38-50(48-22-15-14-16-23-48)39-53(40-51)71(4,5)6/h14-34,37-46H,35-36,47H2,1-13H3/i17D,18D,26D,27D,30D,33D,41D. The Bertz CT molecular complexity index is 4410. The van der Waals surface area contributed by atoms with E-state index >= 15 is 0 Å². The fourth-order valence-electron chi connectivity index (χ4n) is 11.7. The van der Waals surface area contributed by atoms with Crippen LogP contribution in [0.3, 0.4) is 0 Å². The average Bonchev–Trinajstić information content (AvgIpc) is 1.11. The first-order valence-corrected chi connectivity index (χ1v) is 27.9. The highest BCUT2D eigenvalue weighted by molar-refractivity contribution is 6.09. The lowest BCUT2D eigenvalue weighted by atomic mass is 9.63. The zero-order valence-electron chi connectivity index (χ0n) is 55.2. The number of nitrogens with zero attached hydrogens (tertiary/aromatic N) is 4. The molecule has 0 atom stereocenters. The third-order valence-corrected chi connectivity index (χ3v) is 16.6.